The van der Waals surface area contributed by atoms with Gasteiger partial charge in [-0.15, -0.1) is 0 Å². The normalized spacial score (nSPS) is 23.0. The Morgan fingerprint density at radius 3 is 2.75 bits per heavy atom. The van der Waals surface area contributed by atoms with Crippen LogP contribution in [0.15, 0.2) is 18.2 Å². The van der Waals surface area contributed by atoms with Crippen LogP contribution in [0.3, 0.4) is 0 Å². The van der Waals surface area contributed by atoms with Crippen molar-refractivity contribution in [3.05, 3.63) is 23.8 Å². The predicted octanol–water partition coefficient (Wildman–Crippen LogP) is 2.24. The fourth-order valence-corrected chi connectivity index (χ4v) is 3.36. The summed E-state index contributed by atoms with van der Waals surface area (Å²) in [5, 5.41) is 9.29. The lowest BCUT2D eigenvalue weighted by Crippen LogP contribution is -2.35. The van der Waals surface area contributed by atoms with Crippen molar-refractivity contribution >= 4 is 5.69 Å². The van der Waals surface area contributed by atoms with E-state index in [2.05, 4.69) is 15.9 Å². The van der Waals surface area contributed by atoms with E-state index >= 15 is 0 Å². The lowest BCUT2D eigenvalue weighted by Gasteiger charge is -2.25. The van der Waals surface area contributed by atoms with Gasteiger partial charge < -0.3 is 9.64 Å². The third-order valence-electron chi connectivity index (χ3n) is 4.49. The van der Waals surface area contributed by atoms with Crippen molar-refractivity contribution in [2.45, 2.75) is 25.3 Å². The molecule has 0 spiro atoms. The zero-order chi connectivity index (χ0) is 13.9. The summed E-state index contributed by atoms with van der Waals surface area (Å²) in [6, 6.07) is 8.65. The van der Waals surface area contributed by atoms with Gasteiger partial charge in [0.1, 0.15) is 11.8 Å². The van der Waals surface area contributed by atoms with Crippen molar-refractivity contribution in [3.63, 3.8) is 0 Å². The van der Waals surface area contributed by atoms with Crippen molar-refractivity contribution < 1.29 is 4.74 Å². The van der Waals surface area contributed by atoms with Gasteiger partial charge in [0.05, 0.1) is 18.4 Å². The Kier molecular flexibility index (Phi) is 3.79. The van der Waals surface area contributed by atoms with Gasteiger partial charge >= 0.3 is 0 Å². The molecule has 0 N–H and O–H groups in total. The number of methoxy groups -OCH3 is 1. The van der Waals surface area contributed by atoms with Crippen molar-refractivity contribution in [2.24, 2.45) is 0 Å². The topological polar surface area (TPSA) is 39.5 Å². The van der Waals surface area contributed by atoms with E-state index in [0.29, 0.717) is 6.04 Å². The molecule has 0 radical (unpaired) electrons. The van der Waals surface area contributed by atoms with Gasteiger partial charge in [0, 0.05) is 25.2 Å². The van der Waals surface area contributed by atoms with E-state index in [4.69, 9.17) is 4.74 Å². The van der Waals surface area contributed by atoms with Crippen LogP contribution < -0.4 is 9.64 Å². The molecule has 1 atom stereocenters. The fraction of sp³-hybridized carbons (Fsp3) is 0.562. The number of rotatable bonds is 3. The Morgan fingerprint density at radius 2 is 2.05 bits per heavy atom. The first kappa shape index (κ1) is 13.3. The number of nitriles is 1. The fourth-order valence-electron chi connectivity index (χ4n) is 3.36. The first-order chi connectivity index (χ1) is 9.81. The molecule has 2 heterocycles. The lowest BCUT2D eigenvalue weighted by molar-refractivity contribution is 0.260. The van der Waals surface area contributed by atoms with Crippen LogP contribution >= 0.6 is 0 Å². The molecule has 4 nitrogen and oxygen atoms in total. The van der Waals surface area contributed by atoms with Crippen LogP contribution in [0.1, 0.15) is 24.8 Å². The van der Waals surface area contributed by atoms with E-state index in [1.165, 1.54) is 32.4 Å². The highest BCUT2D eigenvalue weighted by atomic mass is 16.5. The number of nitrogens with zero attached hydrogens (tertiary/aromatic N) is 3. The molecule has 2 aliphatic rings. The van der Waals surface area contributed by atoms with Gasteiger partial charge in [-0.3, -0.25) is 4.90 Å². The Labute approximate surface area is 120 Å². The van der Waals surface area contributed by atoms with Gasteiger partial charge in [-0.1, -0.05) is 0 Å². The molecule has 2 aliphatic heterocycles. The molecule has 3 rings (SSSR count). The van der Waals surface area contributed by atoms with Gasteiger partial charge in [0.15, 0.2) is 0 Å². The summed E-state index contributed by atoms with van der Waals surface area (Å²) < 4.78 is 5.29. The van der Waals surface area contributed by atoms with Crippen molar-refractivity contribution in [3.8, 4) is 11.8 Å². The molecule has 0 bridgehead atoms. The largest absolute Gasteiger partial charge is 0.497 e. The summed E-state index contributed by atoms with van der Waals surface area (Å²) in [5.41, 5.74) is 1.77. The maximum atomic E-state index is 9.29. The van der Waals surface area contributed by atoms with E-state index in [1.807, 2.05) is 18.2 Å². The summed E-state index contributed by atoms with van der Waals surface area (Å²) in [4.78, 5) is 4.94. The highest BCUT2D eigenvalue weighted by Crippen LogP contribution is 2.30. The highest BCUT2D eigenvalue weighted by Gasteiger charge is 2.30. The Morgan fingerprint density at radius 1 is 1.25 bits per heavy atom. The average molecular weight is 271 g/mol. The van der Waals surface area contributed by atoms with Gasteiger partial charge in [-0.25, -0.2) is 0 Å². The molecule has 2 fully saturated rings. The molecule has 0 amide bonds. The van der Waals surface area contributed by atoms with Gasteiger partial charge in [0.25, 0.3) is 0 Å². The number of anilines is 1. The molecular weight excluding hydrogens is 250 g/mol. The summed E-state index contributed by atoms with van der Waals surface area (Å²) >= 11 is 0. The molecule has 0 saturated carbocycles. The summed E-state index contributed by atoms with van der Waals surface area (Å²) in [6.07, 6.45) is 3.86. The number of benzene rings is 1. The number of hydrogen-bond acceptors (Lipinski definition) is 4. The summed E-state index contributed by atoms with van der Waals surface area (Å²) in [7, 11) is 1.67. The first-order valence-corrected chi connectivity index (χ1v) is 7.39. The third kappa shape index (κ3) is 2.46. The van der Waals surface area contributed by atoms with Crippen LogP contribution in [0.4, 0.5) is 5.69 Å². The van der Waals surface area contributed by atoms with E-state index < -0.39 is 0 Å². The van der Waals surface area contributed by atoms with Crippen LogP contribution in [0.5, 0.6) is 5.75 Å². The Bertz CT molecular complexity index is 517. The monoisotopic (exact) mass is 271 g/mol. The second-order valence-electron chi connectivity index (χ2n) is 5.63. The maximum Gasteiger partial charge on any atom is 0.121 e. The Hall–Kier alpha value is -1.73. The minimum absolute atomic E-state index is 0.648. The van der Waals surface area contributed by atoms with Crippen LogP contribution in [-0.4, -0.2) is 44.2 Å². The zero-order valence-electron chi connectivity index (χ0n) is 12.0. The molecule has 0 aromatic heterocycles. The molecule has 1 aromatic rings. The molecule has 1 aromatic carbocycles. The summed E-state index contributed by atoms with van der Waals surface area (Å²) in [6.45, 7) is 4.54. The zero-order valence-corrected chi connectivity index (χ0v) is 12.0. The standard InChI is InChI=1S/C16H21N3O/c1-20-15-5-4-13(11-17)16(10-15)19-9-6-14(12-19)18-7-2-3-8-18/h4-5,10,14H,2-3,6-9,12H2,1H3. The van der Waals surface area contributed by atoms with Crippen molar-refractivity contribution in [1.29, 1.82) is 5.26 Å². The average Bonchev–Trinajstić information content (AvgIpc) is 3.17. The van der Waals surface area contributed by atoms with Crippen LogP contribution in [-0.2, 0) is 0 Å². The van der Waals surface area contributed by atoms with Crippen molar-refractivity contribution in [2.75, 3.05) is 38.2 Å². The molecule has 20 heavy (non-hydrogen) atoms. The van der Waals surface area contributed by atoms with Crippen LogP contribution in [0, 0.1) is 11.3 Å². The number of hydrogen-bond donors (Lipinski definition) is 0. The molecule has 106 valence electrons. The molecule has 0 aliphatic carbocycles. The van der Waals surface area contributed by atoms with E-state index in [0.717, 1.165) is 30.1 Å². The van der Waals surface area contributed by atoms with E-state index in [-0.39, 0.29) is 0 Å². The first-order valence-electron chi connectivity index (χ1n) is 7.39. The maximum absolute atomic E-state index is 9.29. The summed E-state index contributed by atoms with van der Waals surface area (Å²) in [5.74, 6) is 0.823. The lowest BCUT2D eigenvalue weighted by atomic mass is 10.1. The highest BCUT2D eigenvalue weighted by molar-refractivity contribution is 5.62. The van der Waals surface area contributed by atoms with Crippen LogP contribution in [0.25, 0.3) is 0 Å². The Balaban J connectivity index is 1.78. The second kappa shape index (κ2) is 5.72. The molecule has 4 heteroatoms. The third-order valence-corrected chi connectivity index (χ3v) is 4.49. The quantitative estimate of drug-likeness (QED) is 0.845. The van der Waals surface area contributed by atoms with Crippen molar-refractivity contribution in [1.82, 2.24) is 4.90 Å². The van der Waals surface area contributed by atoms with Gasteiger partial charge in [-0.05, 0) is 44.5 Å². The SMILES string of the molecule is COc1ccc(C#N)c(N2CCC(N3CCCC3)C2)c1. The number of ether oxygens (including phenoxy) is 1. The molecular formula is C16H21N3O. The number of likely N-dealkylation sites (tertiary alicyclic amines) is 1. The minimum atomic E-state index is 0.648. The van der Waals surface area contributed by atoms with E-state index in [9.17, 15) is 5.26 Å². The molecule has 2 saturated heterocycles. The molecule has 1 unspecified atom stereocenters. The van der Waals surface area contributed by atoms with Crippen LogP contribution in [0.2, 0.25) is 0 Å². The minimum Gasteiger partial charge on any atom is -0.497 e. The smallest absolute Gasteiger partial charge is 0.121 e. The van der Waals surface area contributed by atoms with Gasteiger partial charge in [0.2, 0.25) is 0 Å². The second-order valence-corrected chi connectivity index (χ2v) is 5.63. The van der Waals surface area contributed by atoms with Gasteiger partial charge in [-0.2, -0.15) is 5.26 Å². The van der Waals surface area contributed by atoms with E-state index in [1.54, 1.807) is 7.11 Å². The predicted molar refractivity (Wildman–Crippen MR) is 79.1 cm³/mol.